The zero-order valence-corrected chi connectivity index (χ0v) is 18.1. The van der Waals surface area contributed by atoms with Crippen molar-refractivity contribution in [2.45, 2.75) is 63.0 Å². The maximum absolute atomic E-state index is 13.4. The molecule has 0 aromatic carbocycles. The van der Waals surface area contributed by atoms with Gasteiger partial charge in [0.15, 0.2) is 4.80 Å². The molecule has 180 valence electrons. The Hall–Kier alpha value is -1.40. The fraction of sp³-hybridized carbons (Fsp3) is 0.800. The second kappa shape index (κ2) is 7.83. The molecule has 1 N–H and O–H groups in total. The normalized spacial score (nSPS) is 30.9. The lowest BCUT2D eigenvalue weighted by Crippen LogP contribution is -2.53. The van der Waals surface area contributed by atoms with Crippen molar-refractivity contribution in [1.29, 1.82) is 0 Å². The molecule has 4 aliphatic carbocycles. The van der Waals surface area contributed by atoms with Gasteiger partial charge in [-0.05, 0) is 56.3 Å². The number of amides is 1. The summed E-state index contributed by atoms with van der Waals surface area (Å²) >= 11 is 0.0329. The van der Waals surface area contributed by atoms with E-state index >= 15 is 0 Å². The van der Waals surface area contributed by atoms with Gasteiger partial charge in [-0.3, -0.25) is 4.79 Å². The standard InChI is InChI=1S/C20H24F6N2O3S/c1-31-3-2-28-10-14(18(30,19(21,22)23)20(24,25)26)32-16(28)27-15(29)17-7-11-4-12(8-17)6-13(5-11)9-17/h10-13,30H,2-9H2,1H3/b27-16-. The Balaban J connectivity index is 1.76. The van der Waals surface area contributed by atoms with Gasteiger partial charge >= 0.3 is 12.4 Å². The van der Waals surface area contributed by atoms with E-state index in [1.165, 1.54) is 7.11 Å². The number of alkyl halides is 6. The van der Waals surface area contributed by atoms with E-state index in [-0.39, 0.29) is 29.3 Å². The number of hydrogen-bond acceptors (Lipinski definition) is 4. The van der Waals surface area contributed by atoms with E-state index < -0.39 is 34.2 Å². The third-order valence-corrected chi connectivity index (χ3v) is 8.25. The molecule has 4 bridgehead atoms. The summed E-state index contributed by atoms with van der Waals surface area (Å²) < 4.78 is 86.0. The van der Waals surface area contributed by atoms with Crippen LogP contribution in [0.1, 0.15) is 43.4 Å². The molecule has 0 saturated heterocycles. The summed E-state index contributed by atoms with van der Waals surface area (Å²) in [4.78, 5) is 15.6. The predicted octanol–water partition coefficient (Wildman–Crippen LogP) is 4.15. The molecule has 0 unspecified atom stereocenters. The minimum atomic E-state index is -6.00. The van der Waals surface area contributed by atoms with Gasteiger partial charge in [0.05, 0.1) is 16.9 Å². The van der Waals surface area contributed by atoms with Crippen molar-refractivity contribution in [2.24, 2.45) is 28.2 Å². The van der Waals surface area contributed by atoms with Gasteiger partial charge in [-0.1, -0.05) is 11.3 Å². The lowest BCUT2D eigenvalue weighted by Gasteiger charge is -2.55. The van der Waals surface area contributed by atoms with E-state index in [0.29, 0.717) is 43.2 Å². The molecule has 1 aromatic heterocycles. The highest BCUT2D eigenvalue weighted by atomic mass is 32.1. The smallest absolute Gasteiger partial charge is 0.383 e. The summed E-state index contributed by atoms with van der Waals surface area (Å²) in [6, 6.07) is 0. The second-order valence-electron chi connectivity index (χ2n) is 9.38. The fourth-order valence-corrected chi connectivity index (χ4v) is 7.15. The molecule has 4 fully saturated rings. The Kier molecular flexibility index (Phi) is 5.81. The van der Waals surface area contributed by atoms with Gasteiger partial charge < -0.3 is 14.4 Å². The molecule has 12 heteroatoms. The van der Waals surface area contributed by atoms with Crippen molar-refractivity contribution < 1.29 is 41.0 Å². The number of aromatic nitrogens is 1. The topological polar surface area (TPSA) is 63.8 Å². The molecular weight excluding hydrogens is 462 g/mol. The Bertz CT molecular complexity index is 899. The molecule has 5 nitrogen and oxygen atoms in total. The molecule has 0 atom stereocenters. The van der Waals surface area contributed by atoms with Crippen LogP contribution in [0.5, 0.6) is 0 Å². The van der Waals surface area contributed by atoms with E-state index in [4.69, 9.17) is 4.74 Å². The Morgan fingerprint density at radius 1 is 1.12 bits per heavy atom. The number of ether oxygens (including phenoxy) is 1. The highest BCUT2D eigenvalue weighted by Crippen LogP contribution is 2.60. The van der Waals surface area contributed by atoms with Crippen LogP contribution in [0.25, 0.3) is 0 Å². The maximum atomic E-state index is 13.4. The molecule has 1 heterocycles. The van der Waals surface area contributed by atoms with Crippen LogP contribution in [0.2, 0.25) is 0 Å². The Morgan fingerprint density at radius 2 is 1.62 bits per heavy atom. The van der Waals surface area contributed by atoms with Crippen LogP contribution in [0.15, 0.2) is 11.2 Å². The summed E-state index contributed by atoms with van der Waals surface area (Å²) in [6.45, 7) is -0.142. The number of rotatable bonds is 5. The summed E-state index contributed by atoms with van der Waals surface area (Å²) in [5.74, 6) is 0.764. The van der Waals surface area contributed by atoms with Crippen molar-refractivity contribution in [3.63, 3.8) is 0 Å². The van der Waals surface area contributed by atoms with Crippen molar-refractivity contribution in [3.8, 4) is 0 Å². The third kappa shape index (κ3) is 3.81. The Morgan fingerprint density at radius 3 is 2.06 bits per heavy atom. The molecule has 0 aliphatic heterocycles. The van der Waals surface area contributed by atoms with Crippen LogP contribution < -0.4 is 4.80 Å². The first-order chi connectivity index (χ1) is 14.8. The first kappa shape index (κ1) is 23.7. The number of aliphatic hydroxyl groups is 1. The SMILES string of the molecule is COCCn1cc(C(O)(C(F)(F)F)C(F)(F)F)s/c1=N\C(=O)C12CC3CC(CC(C3)C1)C2. The number of hydrogen-bond donors (Lipinski definition) is 1. The summed E-state index contributed by atoms with van der Waals surface area (Å²) in [5.41, 5.74) is -5.75. The van der Waals surface area contributed by atoms with E-state index in [1.807, 2.05) is 0 Å². The van der Waals surface area contributed by atoms with Gasteiger partial charge in [-0.2, -0.15) is 31.3 Å². The van der Waals surface area contributed by atoms with Crippen LogP contribution in [0, 0.1) is 23.2 Å². The van der Waals surface area contributed by atoms with E-state index in [9.17, 15) is 36.2 Å². The van der Waals surface area contributed by atoms with E-state index in [0.717, 1.165) is 23.8 Å². The number of carbonyl (C=O) groups excluding carboxylic acids is 1. The maximum Gasteiger partial charge on any atom is 0.431 e. The first-order valence-corrected chi connectivity index (χ1v) is 11.3. The monoisotopic (exact) mass is 486 g/mol. The molecule has 1 amide bonds. The van der Waals surface area contributed by atoms with Crippen LogP contribution in [0.4, 0.5) is 26.3 Å². The average molecular weight is 486 g/mol. The summed E-state index contributed by atoms with van der Waals surface area (Å²) in [7, 11) is 1.33. The molecular formula is C20H24F6N2O3S. The highest BCUT2D eigenvalue weighted by molar-refractivity contribution is 7.09. The van der Waals surface area contributed by atoms with E-state index in [1.54, 1.807) is 0 Å². The quantitative estimate of drug-likeness (QED) is 0.636. The molecule has 1 aromatic rings. The van der Waals surface area contributed by atoms with Crippen LogP contribution in [-0.2, 0) is 21.7 Å². The minimum Gasteiger partial charge on any atom is -0.383 e. The molecule has 32 heavy (non-hydrogen) atoms. The lowest BCUT2D eigenvalue weighted by molar-refractivity contribution is -0.375. The largest absolute Gasteiger partial charge is 0.431 e. The number of thiazole rings is 1. The fourth-order valence-electron chi connectivity index (χ4n) is 6.00. The number of methoxy groups -OCH3 is 1. The van der Waals surface area contributed by atoms with Gasteiger partial charge in [0.1, 0.15) is 0 Å². The van der Waals surface area contributed by atoms with Gasteiger partial charge in [0.2, 0.25) is 0 Å². The second-order valence-corrected chi connectivity index (χ2v) is 10.4. The summed E-state index contributed by atoms with van der Waals surface area (Å²) in [5, 5.41) is 9.77. The van der Waals surface area contributed by atoms with Crippen LogP contribution in [-0.4, -0.2) is 41.7 Å². The predicted molar refractivity (Wildman–Crippen MR) is 101 cm³/mol. The highest BCUT2D eigenvalue weighted by Gasteiger charge is 2.72. The molecule has 4 aliphatic rings. The molecule has 0 radical (unpaired) electrons. The zero-order chi connectivity index (χ0) is 23.5. The minimum absolute atomic E-state index is 0.0224. The number of halogens is 6. The molecule has 4 saturated carbocycles. The van der Waals surface area contributed by atoms with Crippen molar-refractivity contribution in [2.75, 3.05) is 13.7 Å². The van der Waals surface area contributed by atoms with Crippen molar-refractivity contribution >= 4 is 17.2 Å². The van der Waals surface area contributed by atoms with E-state index in [2.05, 4.69) is 4.99 Å². The average Bonchev–Trinajstić information content (AvgIpc) is 3.05. The van der Waals surface area contributed by atoms with Gasteiger partial charge in [0, 0.05) is 19.9 Å². The van der Waals surface area contributed by atoms with Crippen LogP contribution in [0.3, 0.4) is 0 Å². The zero-order valence-electron chi connectivity index (χ0n) is 17.3. The third-order valence-electron chi connectivity index (χ3n) is 7.12. The van der Waals surface area contributed by atoms with Crippen molar-refractivity contribution in [1.82, 2.24) is 4.57 Å². The molecule has 5 rings (SSSR count). The Labute approximate surface area is 184 Å². The number of nitrogens with zero attached hydrogens (tertiary/aromatic N) is 2. The lowest BCUT2D eigenvalue weighted by atomic mass is 9.49. The first-order valence-electron chi connectivity index (χ1n) is 10.4. The van der Waals surface area contributed by atoms with Gasteiger partial charge in [-0.15, -0.1) is 0 Å². The van der Waals surface area contributed by atoms with Crippen LogP contribution >= 0.6 is 11.3 Å². The summed E-state index contributed by atoms with van der Waals surface area (Å²) in [6.07, 6.45) is -6.27. The van der Waals surface area contributed by atoms with Gasteiger partial charge in [-0.25, -0.2) is 0 Å². The number of carbonyl (C=O) groups is 1. The van der Waals surface area contributed by atoms with Gasteiger partial charge in [0.25, 0.3) is 11.5 Å². The molecule has 0 spiro atoms. The van der Waals surface area contributed by atoms with Crippen molar-refractivity contribution in [3.05, 3.63) is 15.9 Å².